The topological polar surface area (TPSA) is 35.5 Å². The molecule has 1 saturated carbocycles. The van der Waals surface area contributed by atoms with Gasteiger partial charge in [-0.15, -0.1) is 0 Å². The van der Waals surface area contributed by atoms with Crippen LogP contribution in [0.4, 0.5) is 0 Å². The lowest BCUT2D eigenvalue weighted by Crippen LogP contribution is -2.52. The monoisotopic (exact) mass is 234 g/mol. The molecule has 1 aliphatic carbocycles. The van der Waals surface area contributed by atoms with Crippen molar-refractivity contribution in [2.24, 2.45) is 0 Å². The zero-order valence-corrected chi connectivity index (χ0v) is 10.5. The maximum Gasteiger partial charge on any atom is 0.169 e. The molecule has 0 heterocycles. The van der Waals surface area contributed by atoms with Crippen LogP contribution in [0.5, 0.6) is 5.75 Å². The highest BCUT2D eigenvalue weighted by Crippen LogP contribution is 2.26. The van der Waals surface area contributed by atoms with Gasteiger partial charge in [-0.05, 0) is 44.0 Å². The third-order valence-corrected chi connectivity index (χ3v) is 2.89. The predicted molar refractivity (Wildman–Crippen MR) is 65.4 cm³/mol. The largest absolute Gasteiger partial charge is 0.487 e. The molecule has 1 aromatic rings. The van der Waals surface area contributed by atoms with Gasteiger partial charge < -0.3 is 9.47 Å². The summed E-state index contributed by atoms with van der Waals surface area (Å²) in [5, 5.41) is 0. The van der Waals surface area contributed by atoms with Crippen LogP contribution in [0, 0.1) is 13.8 Å². The minimum atomic E-state index is -0.374. The Morgan fingerprint density at radius 1 is 1.24 bits per heavy atom. The summed E-state index contributed by atoms with van der Waals surface area (Å²) in [7, 11) is 0. The predicted octanol–water partition coefficient (Wildman–Crippen LogP) is 2.43. The van der Waals surface area contributed by atoms with Crippen LogP contribution < -0.4 is 4.74 Å². The third-order valence-electron chi connectivity index (χ3n) is 2.89. The van der Waals surface area contributed by atoms with Gasteiger partial charge >= 0.3 is 0 Å². The number of ketones is 1. The molecule has 1 fully saturated rings. The highest BCUT2D eigenvalue weighted by Gasteiger charge is 2.42. The van der Waals surface area contributed by atoms with Crippen LogP contribution in [-0.2, 0) is 9.53 Å². The van der Waals surface area contributed by atoms with E-state index in [-0.39, 0.29) is 18.0 Å². The molecule has 0 aliphatic heterocycles. The molecular formula is C14H18O3. The molecule has 3 nitrogen and oxygen atoms in total. The lowest BCUT2D eigenvalue weighted by atomic mass is 9.90. The summed E-state index contributed by atoms with van der Waals surface area (Å²) in [6.45, 7) is 6.50. The van der Waals surface area contributed by atoms with E-state index >= 15 is 0 Å². The fraction of sp³-hybridized carbons (Fsp3) is 0.500. The molecule has 92 valence electrons. The number of carbonyl (C=O) groups is 1. The molecule has 17 heavy (non-hydrogen) atoms. The van der Waals surface area contributed by atoms with Gasteiger partial charge in [-0.1, -0.05) is 6.07 Å². The Bertz CT molecular complexity index is 405. The minimum Gasteiger partial charge on any atom is -0.487 e. The van der Waals surface area contributed by atoms with E-state index in [2.05, 4.69) is 6.07 Å². The molecule has 0 aromatic heterocycles. The molecule has 0 spiro atoms. The fourth-order valence-corrected chi connectivity index (χ4v) is 2.13. The molecular weight excluding hydrogens is 216 g/mol. The van der Waals surface area contributed by atoms with E-state index in [9.17, 15) is 4.79 Å². The molecule has 2 atom stereocenters. The van der Waals surface area contributed by atoms with Gasteiger partial charge in [-0.3, -0.25) is 4.79 Å². The van der Waals surface area contributed by atoms with Crippen LogP contribution in [0.3, 0.4) is 0 Å². The maximum atomic E-state index is 11.3. The Morgan fingerprint density at radius 3 is 2.41 bits per heavy atom. The van der Waals surface area contributed by atoms with E-state index in [1.807, 2.05) is 32.9 Å². The Balaban J connectivity index is 2.03. The summed E-state index contributed by atoms with van der Waals surface area (Å²) < 4.78 is 11.2. The molecule has 0 amide bonds. The number of Topliss-reactive ketones (excluding diaryl/α,β-unsaturated/α-hetero) is 1. The lowest BCUT2D eigenvalue weighted by molar-refractivity contribution is -0.154. The van der Waals surface area contributed by atoms with Crippen molar-refractivity contribution < 1.29 is 14.3 Å². The first-order chi connectivity index (χ1) is 8.10. The van der Waals surface area contributed by atoms with E-state index in [4.69, 9.17) is 9.47 Å². The summed E-state index contributed by atoms with van der Waals surface area (Å²) in [6, 6.07) is 6.07. The van der Waals surface area contributed by atoms with Gasteiger partial charge in [0, 0.05) is 13.0 Å². The molecule has 0 bridgehead atoms. The van der Waals surface area contributed by atoms with Gasteiger partial charge in [0.2, 0.25) is 0 Å². The second-order valence-electron chi connectivity index (χ2n) is 4.53. The zero-order valence-electron chi connectivity index (χ0n) is 10.5. The number of rotatable bonds is 4. The highest BCUT2D eigenvalue weighted by molar-refractivity contribution is 5.90. The number of hydrogen-bond donors (Lipinski definition) is 0. The quantitative estimate of drug-likeness (QED) is 0.802. The number of benzene rings is 1. The summed E-state index contributed by atoms with van der Waals surface area (Å²) in [6.07, 6.45) is -0.0399. The smallest absolute Gasteiger partial charge is 0.169 e. The van der Waals surface area contributed by atoms with Gasteiger partial charge in [0.05, 0.1) is 0 Å². The van der Waals surface area contributed by atoms with Crippen LogP contribution in [0.15, 0.2) is 18.2 Å². The number of aryl methyl sites for hydroxylation is 2. The Hall–Kier alpha value is -1.35. The summed E-state index contributed by atoms with van der Waals surface area (Å²) in [5.74, 6) is 0.964. The molecule has 0 saturated heterocycles. The second-order valence-corrected chi connectivity index (χ2v) is 4.53. The Kier molecular flexibility index (Phi) is 3.48. The van der Waals surface area contributed by atoms with Crippen molar-refractivity contribution in [3.63, 3.8) is 0 Å². The van der Waals surface area contributed by atoms with Gasteiger partial charge in [0.15, 0.2) is 11.9 Å². The van der Waals surface area contributed by atoms with Crippen LogP contribution in [-0.4, -0.2) is 24.6 Å². The highest BCUT2D eigenvalue weighted by atomic mass is 16.5. The van der Waals surface area contributed by atoms with Crippen LogP contribution in [0.2, 0.25) is 0 Å². The van der Waals surface area contributed by atoms with Crippen molar-refractivity contribution in [3.05, 3.63) is 29.3 Å². The number of hydrogen-bond acceptors (Lipinski definition) is 3. The summed E-state index contributed by atoms with van der Waals surface area (Å²) in [4.78, 5) is 11.3. The van der Waals surface area contributed by atoms with Crippen molar-refractivity contribution in [2.45, 2.75) is 39.4 Å². The third kappa shape index (κ3) is 2.67. The Morgan fingerprint density at radius 2 is 1.88 bits per heavy atom. The zero-order chi connectivity index (χ0) is 12.4. The van der Waals surface area contributed by atoms with Crippen molar-refractivity contribution >= 4 is 5.78 Å². The molecule has 1 aliphatic rings. The van der Waals surface area contributed by atoms with Crippen LogP contribution in [0.1, 0.15) is 24.5 Å². The lowest BCUT2D eigenvalue weighted by Gasteiger charge is -2.34. The van der Waals surface area contributed by atoms with E-state index in [1.165, 1.54) is 11.1 Å². The van der Waals surface area contributed by atoms with Crippen molar-refractivity contribution in [1.29, 1.82) is 0 Å². The van der Waals surface area contributed by atoms with E-state index < -0.39 is 0 Å². The molecule has 2 rings (SSSR count). The van der Waals surface area contributed by atoms with Gasteiger partial charge in [0.1, 0.15) is 11.9 Å². The van der Waals surface area contributed by atoms with Crippen LogP contribution >= 0.6 is 0 Å². The van der Waals surface area contributed by atoms with E-state index in [1.54, 1.807) is 0 Å². The first-order valence-electron chi connectivity index (χ1n) is 5.99. The first-order valence-corrected chi connectivity index (χ1v) is 5.99. The number of ether oxygens (including phenoxy) is 2. The van der Waals surface area contributed by atoms with E-state index in [0.29, 0.717) is 13.0 Å². The number of carbonyl (C=O) groups excluding carboxylic acids is 1. The molecule has 3 heteroatoms. The molecule has 0 N–H and O–H groups in total. The van der Waals surface area contributed by atoms with E-state index in [0.717, 1.165) is 5.75 Å². The van der Waals surface area contributed by atoms with Gasteiger partial charge in [-0.25, -0.2) is 0 Å². The van der Waals surface area contributed by atoms with Crippen LogP contribution in [0.25, 0.3) is 0 Å². The summed E-state index contributed by atoms with van der Waals surface area (Å²) in [5.41, 5.74) is 2.33. The first kappa shape index (κ1) is 12.1. The SMILES string of the molecule is CCOC1C(=O)CC1Oc1cc(C)cc(C)c1. The van der Waals surface area contributed by atoms with Crippen molar-refractivity contribution in [3.8, 4) is 5.75 Å². The summed E-state index contributed by atoms with van der Waals surface area (Å²) >= 11 is 0. The molecule has 1 aromatic carbocycles. The molecule has 0 radical (unpaired) electrons. The van der Waals surface area contributed by atoms with Crippen molar-refractivity contribution in [1.82, 2.24) is 0 Å². The average molecular weight is 234 g/mol. The van der Waals surface area contributed by atoms with Crippen molar-refractivity contribution in [2.75, 3.05) is 6.61 Å². The standard InChI is InChI=1S/C14H18O3/c1-4-16-14-12(15)8-13(14)17-11-6-9(2)5-10(3)7-11/h5-7,13-14H,4,8H2,1-3H3. The Labute approximate surface area is 102 Å². The minimum absolute atomic E-state index is 0.122. The second kappa shape index (κ2) is 4.88. The maximum absolute atomic E-state index is 11.3. The average Bonchev–Trinajstić information content (AvgIpc) is 2.24. The van der Waals surface area contributed by atoms with Gasteiger partial charge in [-0.2, -0.15) is 0 Å². The van der Waals surface area contributed by atoms with Gasteiger partial charge in [0.25, 0.3) is 0 Å². The normalized spacial score (nSPS) is 23.4. The molecule has 2 unspecified atom stereocenters. The fourth-order valence-electron chi connectivity index (χ4n) is 2.13.